The summed E-state index contributed by atoms with van der Waals surface area (Å²) in [6.07, 6.45) is 1.17. The van der Waals surface area contributed by atoms with Crippen LogP contribution >= 0.6 is 23.2 Å². The van der Waals surface area contributed by atoms with Crippen LogP contribution in [0.1, 0.15) is 5.76 Å². The van der Waals surface area contributed by atoms with E-state index in [-0.39, 0.29) is 37.6 Å². The molecule has 0 atom stereocenters. The quantitative estimate of drug-likeness (QED) is 0.216. The summed E-state index contributed by atoms with van der Waals surface area (Å²) in [5.41, 5.74) is -0.273. The molecule has 0 aliphatic rings. The molecule has 0 aliphatic heterocycles. The second-order valence-corrected chi connectivity index (χ2v) is 8.81. The number of anilines is 1. The first-order chi connectivity index (χ1) is 15.5. The summed E-state index contributed by atoms with van der Waals surface area (Å²) in [7, 11) is -3.84. The van der Waals surface area contributed by atoms with Gasteiger partial charge in [-0.15, -0.1) is 0 Å². The van der Waals surface area contributed by atoms with Crippen molar-refractivity contribution in [3.8, 4) is 17.4 Å². The van der Waals surface area contributed by atoms with Gasteiger partial charge in [0.05, 0.1) is 25.6 Å². The minimum atomic E-state index is -3.84. The number of nitro groups is 1. The van der Waals surface area contributed by atoms with Crippen LogP contribution in [-0.4, -0.2) is 19.2 Å². The first-order valence-corrected chi connectivity index (χ1v) is 11.1. The predicted molar refractivity (Wildman–Crippen MR) is 121 cm³/mol. The molecule has 1 amide bonds. The highest BCUT2D eigenvalue weighted by molar-refractivity contribution is 7.89. The lowest BCUT2D eigenvalue weighted by Crippen LogP contribution is -2.14. The van der Waals surface area contributed by atoms with E-state index in [1.165, 1.54) is 36.4 Å². The summed E-state index contributed by atoms with van der Waals surface area (Å²) in [4.78, 5) is 22.6. The molecule has 13 heteroatoms. The highest BCUT2D eigenvalue weighted by atomic mass is 35.5. The maximum Gasteiger partial charge on any atom is 0.272 e. The molecule has 10 nitrogen and oxygen atoms in total. The van der Waals surface area contributed by atoms with Crippen molar-refractivity contribution in [1.82, 2.24) is 0 Å². The first kappa shape index (κ1) is 24.0. The maximum atomic E-state index is 12.5. The number of nitriles is 1. The molecule has 0 bridgehead atoms. The van der Waals surface area contributed by atoms with Crippen LogP contribution in [0.5, 0.6) is 0 Å². The Morgan fingerprint density at radius 1 is 1.15 bits per heavy atom. The molecule has 0 radical (unpaired) electrons. The molecule has 0 aliphatic carbocycles. The van der Waals surface area contributed by atoms with Gasteiger partial charge in [-0.05, 0) is 36.4 Å². The molecular formula is C20H12Cl2N4O6S. The van der Waals surface area contributed by atoms with Gasteiger partial charge in [0.1, 0.15) is 23.2 Å². The smallest absolute Gasteiger partial charge is 0.272 e. The molecule has 0 saturated heterocycles. The number of nitrogens with one attached hydrogen (secondary N) is 1. The molecular weight excluding hydrogens is 495 g/mol. The summed E-state index contributed by atoms with van der Waals surface area (Å²) in [6, 6.07) is 12.4. The summed E-state index contributed by atoms with van der Waals surface area (Å²) in [6.45, 7) is 0. The minimum Gasteiger partial charge on any atom is -0.457 e. The summed E-state index contributed by atoms with van der Waals surface area (Å²) < 4.78 is 28.3. The zero-order valence-electron chi connectivity index (χ0n) is 16.3. The number of carbonyl (C=O) groups is 1. The van der Waals surface area contributed by atoms with Crippen LogP contribution in [0.2, 0.25) is 10.0 Å². The molecule has 2 aromatic carbocycles. The van der Waals surface area contributed by atoms with Gasteiger partial charge in [0, 0.05) is 23.8 Å². The lowest BCUT2D eigenvalue weighted by atomic mass is 10.2. The number of hydrogen-bond acceptors (Lipinski definition) is 7. The third kappa shape index (κ3) is 5.57. The van der Waals surface area contributed by atoms with Gasteiger partial charge in [-0.3, -0.25) is 14.9 Å². The number of carbonyl (C=O) groups excluding carboxylic acids is 1. The van der Waals surface area contributed by atoms with Crippen LogP contribution in [0.3, 0.4) is 0 Å². The van der Waals surface area contributed by atoms with Crippen molar-refractivity contribution < 1.29 is 22.6 Å². The largest absolute Gasteiger partial charge is 0.457 e. The van der Waals surface area contributed by atoms with Crippen LogP contribution in [-0.2, 0) is 14.8 Å². The number of sulfonamides is 1. The van der Waals surface area contributed by atoms with E-state index in [1.807, 2.05) is 0 Å². The standard InChI is InChI=1S/C20H12Cl2N4O6S/c21-16-8-13(26(28)29)9-17(22)19(16)25-20(27)12(10-23)7-14-3-6-18(32-14)11-1-4-15(5-2-11)33(24,30)31/h1-9H,(H,25,27)(H2,24,30,31)/b12-7+. The summed E-state index contributed by atoms with van der Waals surface area (Å²) >= 11 is 11.9. The van der Waals surface area contributed by atoms with Gasteiger partial charge >= 0.3 is 0 Å². The summed E-state index contributed by atoms with van der Waals surface area (Å²) in [5.74, 6) is -0.361. The van der Waals surface area contributed by atoms with E-state index in [1.54, 1.807) is 12.1 Å². The molecule has 0 spiro atoms. The van der Waals surface area contributed by atoms with Gasteiger partial charge in [-0.25, -0.2) is 13.6 Å². The number of rotatable bonds is 6. The Labute approximate surface area is 197 Å². The van der Waals surface area contributed by atoms with Crippen LogP contribution in [0.25, 0.3) is 17.4 Å². The molecule has 0 unspecified atom stereocenters. The van der Waals surface area contributed by atoms with Crippen LogP contribution < -0.4 is 10.5 Å². The third-order valence-electron chi connectivity index (χ3n) is 4.22. The molecule has 1 heterocycles. The molecule has 3 N–H and O–H groups in total. The zero-order valence-corrected chi connectivity index (χ0v) is 18.6. The first-order valence-electron chi connectivity index (χ1n) is 8.79. The topological polar surface area (TPSA) is 169 Å². The molecule has 3 rings (SSSR count). The third-order valence-corrected chi connectivity index (χ3v) is 5.75. The van der Waals surface area contributed by atoms with Gasteiger partial charge in [-0.1, -0.05) is 23.2 Å². The number of nitrogens with two attached hydrogens (primary N) is 1. The second-order valence-electron chi connectivity index (χ2n) is 6.44. The van der Waals surface area contributed by atoms with Crippen LogP contribution in [0, 0.1) is 21.4 Å². The maximum absolute atomic E-state index is 12.5. The molecule has 3 aromatic rings. The number of non-ortho nitro benzene ring substituents is 1. The number of amides is 1. The van der Waals surface area contributed by atoms with E-state index < -0.39 is 20.9 Å². The number of benzene rings is 2. The van der Waals surface area contributed by atoms with E-state index >= 15 is 0 Å². The van der Waals surface area contributed by atoms with Crippen molar-refractivity contribution >= 4 is 56.6 Å². The Morgan fingerprint density at radius 2 is 1.76 bits per heavy atom. The average molecular weight is 507 g/mol. The lowest BCUT2D eigenvalue weighted by Gasteiger charge is -2.08. The number of halogens is 2. The zero-order chi connectivity index (χ0) is 24.3. The molecule has 33 heavy (non-hydrogen) atoms. The number of nitro benzene ring substituents is 1. The average Bonchev–Trinajstić information content (AvgIpc) is 3.22. The molecule has 168 valence electrons. The Hall–Kier alpha value is -3.69. The highest BCUT2D eigenvalue weighted by Crippen LogP contribution is 2.35. The number of hydrogen-bond donors (Lipinski definition) is 2. The predicted octanol–water partition coefficient (Wildman–Crippen LogP) is 4.35. The van der Waals surface area contributed by atoms with Crippen molar-refractivity contribution in [2.75, 3.05) is 5.32 Å². The molecule has 1 aromatic heterocycles. The van der Waals surface area contributed by atoms with Crippen molar-refractivity contribution in [1.29, 1.82) is 5.26 Å². The SMILES string of the molecule is N#C/C(=C\c1ccc(-c2ccc(S(N)(=O)=O)cc2)o1)C(=O)Nc1c(Cl)cc([N+](=O)[O-])cc1Cl. The van der Waals surface area contributed by atoms with Gasteiger partial charge in [0.25, 0.3) is 11.6 Å². The Morgan fingerprint density at radius 3 is 2.27 bits per heavy atom. The van der Waals surface area contributed by atoms with E-state index in [4.69, 9.17) is 32.8 Å². The lowest BCUT2D eigenvalue weighted by molar-refractivity contribution is -0.384. The van der Waals surface area contributed by atoms with Gasteiger partial charge in [0.15, 0.2) is 0 Å². The number of furan rings is 1. The molecule has 0 fully saturated rings. The summed E-state index contributed by atoms with van der Waals surface area (Å²) in [5, 5.41) is 27.3. The number of nitrogens with zero attached hydrogens (tertiary/aromatic N) is 2. The normalized spacial score (nSPS) is 11.6. The van der Waals surface area contributed by atoms with E-state index in [0.29, 0.717) is 11.3 Å². The fraction of sp³-hybridized carbons (Fsp3) is 0. The van der Waals surface area contributed by atoms with Gasteiger partial charge in [0.2, 0.25) is 10.0 Å². The Bertz CT molecular complexity index is 1420. The minimum absolute atomic E-state index is 0.0649. The number of primary sulfonamides is 1. The van der Waals surface area contributed by atoms with Crippen molar-refractivity contribution in [3.05, 3.63) is 80.0 Å². The Kier molecular flexibility index (Phi) is 6.85. The molecule has 0 saturated carbocycles. The highest BCUT2D eigenvalue weighted by Gasteiger charge is 2.19. The van der Waals surface area contributed by atoms with Crippen LogP contribution in [0.15, 0.2) is 63.4 Å². The van der Waals surface area contributed by atoms with E-state index in [9.17, 15) is 28.6 Å². The van der Waals surface area contributed by atoms with E-state index in [0.717, 1.165) is 12.1 Å². The van der Waals surface area contributed by atoms with Gasteiger partial charge in [-0.2, -0.15) is 5.26 Å². The second kappa shape index (κ2) is 9.43. The van der Waals surface area contributed by atoms with Crippen molar-refractivity contribution in [2.45, 2.75) is 4.90 Å². The van der Waals surface area contributed by atoms with Crippen molar-refractivity contribution in [2.24, 2.45) is 5.14 Å². The van der Waals surface area contributed by atoms with Crippen molar-refractivity contribution in [3.63, 3.8) is 0 Å². The van der Waals surface area contributed by atoms with Gasteiger partial charge < -0.3 is 9.73 Å². The Balaban J connectivity index is 1.83. The van der Waals surface area contributed by atoms with E-state index in [2.05, 4.69) is 5.32 Å². The fourth-order valence-corrected chi connectivity index (χ4v) is 3.74. The monoisotopic (exact) mass is 506 g/mol. The van der Waals surface area contributed by atoms with Crippen LogP contribution in [0.4, 0.5) is 11.4 Å². The fourth-order valence-electron chi connectivity index (χ4n) is 2.65.